The Morgan fingerprint density at radius 2 is 2.38 bits per heavy atom. The van der Waals surface area contributed by atoms with Gasteiger partial charge < -0.3 is 15.0 Å². The number of rotatable bonds is 7. The lowest BCUT2D eigenvalue weighted by Crippen LogP contribution is -2.35. The van der Waals surface area contributed by atoms with Crippen LogP contribution in [0.1, 0.15) is 12.1 Å². The molecule has 21 heavy (non-hydrogen) atoms. The van der Waals surface area contributed by atoms with E-state index in [0.717, 1.165) is 12.1 Å². The molecule has 0 radical (unpaired) electrons. The first-order valence-electron chi connectivity index (χ1n) is 7.13. The summed E-state index contributed by atoms with van der Waals surface area (Å²) >= 11 is 0. The number of aryl methyl sites for hydroxylation is 1. The molecule has 1 atom stereocenters. The van der Waals surface area contributed by atoms with E-state index in [1.54, 1.807) is 22.9 Å². The van der Waals surface area contributed by atoms with Crippen LogP contribution in [0.15, 0.2) is 12.3 Å². The van der Waals surface area contributed by atoms with Crippen molar-refractivity contribution in [2.75, 3.05) is 33.4 Å². The molecule has 0 aliphatic carbocycles. The molecule has 1 unspecified atom stereocenters. The van der Waals surface area contributed by atoms with Gasteiger partial charge in [0.05, 0.1) is 12.5 Å². The summed E-state index contributed by atoms with van der Waals surface area (Å²) in [5, 5.41) is 6.98. The Morgan fingerprint density at radius 1 is 1.57 bits per heavy atom. The van der Waals surface area contributed by atoms with Gasteiger partial charge in [-0.15, -0.1) is 0 Å². The van der Waals surface area contributed by atoms with Crippen LogP contribution in [0.4, 0.5) is 0 Å². The Bertz CT molecular complexity index is 500. The molecule has 1 saturated heterocycles. The average molecular weight is 294 g/mol. The second kappa shape index (κ2) is 7.21. The number of carbonyl (C=O) groups is 2. The van der Waals surface area contributed by atoms with Crippen molar-refractivity contribution >= 4 is 11.8 Å². The van der Waals surface area contributed by atoms with Crippen LogP contribution in [0.25, 0.3) is 0 Å². The number of aromatic nitrogens is 2. The van der Waals surface area contributed by atoms with E-state index in [1.165, 1.54) is 0 Å². The van der Waals surface area contributed by atoms with Crippen LogP contribution in [0.3, 0.4) is 0 Å². The molecule has 1 aromatic rings. The third kappa shape index (κ3) is 4.04. The van der Waals surface area contributed by atoms with Crippen molar-refractivity contribution in [1.82, 2.24) is 20.0 Å². The van der Waals surface area contributed by atoms with Gasteiger partial charge in [-0.3, -0.25) is 14.3 Å². The lowest BCUT2D eigenvalue weighted by Gasteiger charge is -2.15. The Morgan fingerprint density at radius 3 is 3.05 bits per heavy atom. The summed E-state index contributed by atoms with van der Waals surface area (Å²) in [5.41, 5.74) is 1.07. The molecule has 2 rings (SSSR count). The lowest BCUT2D eigenvalue weighted by molar-refractivity contribution is -0.129. The summed E-state index contributed by atoms with van der Waals surface area (Å²) in [6, 6.07) is 1.93. The first-order valence-corrected chi connectivity index (χ1v) is 7.13. The highest BCUT2D eigenvalue weighted by atomic mass is 16.5. The zero-order valence-corrected chi connectivity index (χ0v) is 12.5. The molecule has 7 heteroatoms. The quantitative estimate of drug-likeness (QED) is 0.740. The summed E-state index contributed by atoms with van der Waals surface area (Å²) < 4.78 is 6.75. The summed E-state index contributed by atoms with van der Waals surface area (Å²) in [6.07, 6.45) is 2.76. The van der Waals surface area contributed by atoms with Gasteiger partial charge in [-0.1, -0.05) is 0 Å². The number of carbonyl (C=O) groups excluding carboxylic acids is 2. The average Bonchev–Trinajstić information content (AvgIpc) is 3.03. The molecule has 116 valence electrons. The molecular weight excluding hydrogens is 272 g/mol. The van der Waals surface area contributed by atoms with Crippen molar-refractivity contribution in [3.63, 3.8) is 0 Å². The van der Waals surface area contributed by atoms with E-state index < -0.39 is 0 Å². The molecule has 0 bridgehead atoms. The smallest absolute Gasteiger partial charge is 0.225 e. The van der Waals surface area contributed by atoms with Gasteiger partial charge in [-0.25, -0.2) is 0 Å². The van der Waals surface area contributed by atoms with Gasteiger partial charge in [-0.05, 0) is 6.07 Å². The highest BCUT2D eigenvalue weighted by Crippen LogP contribution is 2.17. The SMILES string of the molecule is COCCN1CC(C(=O)NCCc2ccnn2C)CC1=O. The van der Waals surface area contributed by atoms with Crippen LogP contribution >= 0.6 is 0 Å². The first-order chi connectivity index (χ1) is 10.1. The van der Waals surface area contributed by atoms with Gasteiger partial charge in [0, 0.05) is 58.5 Å². The number of methoxy groups -OCH3 is 1. The third-order valence-corrected chi connectivity index (χ3v) is 3.75. The summed E-state index contributed by atoms with van der Waals surface area (Å²) in [7, 11) is 3.48. The van der Waals surface area contributed by atoms with Crippen LogP contribution in [0.5, 0.6) is 0 Å². The van der Waals surface area contributed by atoms with Crippen LogP contribution in [-0.2, 0) is 27.8 Å². The maximum atomic E-state index is 12.1. The Balaban J connectivity index is 1.74. The first kappa shape index (κ1) is 15.5. The van der Waals surface area contributed by atoms with E-state index in [4.69, 9.17) is 4.74 Å². The Hall–Kier alpha value is -1.89. The van der Waals surface area contributed by atoms with Crippen molar-refractivity contribution in [1.29, 1.82) is 0 Å². The molecule has 7 nitrogen and oxygen atoms in total. The summed E-state index contributed by atoms with van der Waals surface area (Å²) in [4.78, 5) is 25.5. The van der Waals surface area contributed by atoms with Crippen LogP contribution in [0.2, 0.25) is 0 Å². The second-order valence-corrected chi connectivity index (χ2v) is 5.22. The maximum absolute atomic E-state index is 12.1. The lowest BCUT2D eigenvalue weighted by atomic mass is 10.1. The predicted octanol–water partition coefficient (Wildman–Crippen LogP) is -0.426. The Labute approximate surface area is 124 Å². The zero-order valence-electron chi connectivity index (χ0n) is 12.5. The van der Waals surface area contributed by atoms with E-state index in [9.17, 15) is 9.59 Å². The van der Waals surface area contributed by atoms with Crippen molar-refractivity contribution in [3.8, 4) is 0 Å². The third-order valence-electron chi connectivity index (χ3n) is 3.75. The normalized spacial score (nSPS) is 18.3. The minimum absolute atomic E-state index is 0.0267. The number of hydrogen-bond donors (Lipinski definition) is 1. The fourth-order valence-electron chi connectivity index (χ4n) is 2.47. The van der Waals surface area contributed by atoms with E-state index in [-0.39, 0.29) is 17.7 Å². The van der Waals surface area contributed by atoms with Gasteiger partial charge in [0.1, 0.15) is 0 Å². The molecule has 0 spiro atoms. The van der Waals surface area contributed by atoms with Crippen LogP contribution in [-0.4, -0.2) is 59.8 Å². The number of ether oxygens (including phenoxy) is 1. The number of hydrogen-bond acceptors (Lipinski definition) is 4. The van der Waals surface area contributed by atoms with Crippen molar-refractivity contribution in [2.24, 2.45) is 13.0 Å². The number of likely N-dealkylation sites (tertiary alicyclic amines) is 1. The summed E-state index contributed by atoms with van der Waals surface area (Å²) in [6.45, 7) is 2.09. The minimum Gasteiger partial charge on any atom is -0.383 e. The molecule has 1 aliphatic heterocycles. The second-order valence-electron chi connectivity index (χ2n) is 5.22. The van der Waals surface area contributed by atoms with Crippen molar-refractivity contribution < 1.29 is 14.3 Å². The molecule has 0 aromatic carbocycles. The Kier molecular flexibility index (Phi) is 5.32. The molecular formula is C14H22N4O3. The number of nitrogens with zero attached hydrogens (tertiary/aromatic N) is 3. The predicted molar refractivity (Wildman–Crippen MR) is 76.5 cm³/mol. The fourth-order valence-corrected chi connectivity index (χ4v) is 2.47. The highest BCUT2D eigenvalue weighted by Gasteiger charge is 2.33. The topological polar surface area (TPSA) is 76.5 Å². The molecule has 1 aromatic heterocycles. The summed E-state index contributed by atoms with van der Waals surface area (Å²) in [5.74, 6) is -0.273. The van der Waals surface area contributed by atoms with E-state index in [2.05, 4.69) is 10.4 Å². The zero-order chi connectivity index (χ0) is 15.2. The van der Waals surface area contributed by atoms with E-state index in [1.807, 2.05) is 13.1 Å². The number of amides is 2. The van der Waals surface area contributed by atoms with Crippen LogP contribution in [0, 0.1) is 5.92 Å². The van der Waals surface area contributed by atoms with E-state index >= 15 is 0 Å². The highest BCUT2D eigenvalue weighted by molar-refractivity contribution is 5.89. The molecule has 0 saturated carbocycles. The number of nitrogens with one attached hydrogen (secondary N) is 1. The van der Waals surface area contributed by atoms with Crippen molar-refractivity contribution in [3.05, 3.63) is 18.0 Å². The maximum Gasteiger partial charge on any atom is 0.225 e. The molecule has 1 fully saturated rings. The van der Waals surface area contributed by atoms with Gasteiger partial charge in [0.15, 0.2) is 0 Å². The monoisotopic (exact) mass is 294 g/mol. The molecule has 1 aliphatic rings. The van der Waals surface area contributed by atoms with Crippen molar-refractivity contribution in [2.45, 2.75) is 12.8 Å². The van der Waals surface area contributed by atoms with Gasteiger partial charge in [0.2, 0.25) is 11.8 Å². The standard InChI is InChI=1S/C14H22N4O3/c1-17-12(4-6-16-17)3-5-15-14(20)11-9-13(19)18(10-11)7-8-21-2/h4,6,11H,3,5,7-10H2,1-2H3,(H,15,20). The molecule has 2 heterocycles. The van der Waals surface area contributed by atoms with E-state index in [0.29, 0.717) is 32.7 Å². The van der Waals surface area contributed by atoms with Gasteiger partial charge in [-0.2, -0.15) is 5.10 Å². The van der Waals surface area contributed by atoms with Gasteiger partial charge in [0.25, 0.3) is 0 Å². The fraction of sp³-hybridized carbons (Fsp3) is 0.643. The molecule has 1 N–H and O–H groups in total. The minimum atomic E-state index is -0.249. The van der Waals surface area contributed by atoms with Gasteiger partial charge >= 0.3 is 0 Å². The largest absolute Gasteiger partial charge is 0.383 e. The van der Waals surface area contributed by atoms with Crippen LogP contribution < -0.4 is 5.32 Å². The molecule has 2 amide bonds.